The van der Waals surface area contributed by atoms with Crippen LogP contribution in [0.2, 0.25) is 0 Å². The molecule has 2 aromatic heterocycles. The Morgan fingerprint density at radius 3 is 2.76 bits per heavy atom. The molecule has 0 saturated heterocycles. The van der Waals surface area contributed by atoms with Crippen molar-refractivity contribution in [2.45, 2.75) is 50.7 Å². The maximum atomic E-state index is 12.0. The fourth-order valence-corrected chi connectivity index (χ4v) is 6.67. The van der Waals surface area contributed by atoms with Gasteiger partial charge < -0.3 is 9.84 Å². The van der Waals surface area contributed by atoms with Crippen molar-refractivity contribution in [3.63, 3.8) is 0 Å². The van der Waals surface area contributed by atoms with Gasteiger partial charge in [-0.2, -0.15) is 4.31 Å². The van der Waals surface area contributed by atoms with Gasteiger partial charge in [-0.15, -0.1) is 15.9 Å². The standard InChI is InChI=1S/C27H31N5O5S/c1-16-7-8-19(22(13-25(33)34)21-9-10-23-26(18(21)3)29-30-31(23)4)12-20(16)15-32-14-17(2)37-27-24(38(32,35)36)6-5-11-28-27/h5-12,17,22,35-36H,13-15H2,1-4H3,(H,33,34)/t17-,22?/m1/s1. The average Bonchev–Trinajstić information content (AvgIpc) is 3.21. The first-order valence-corrected chi connectivity index (χ1v) is 13.8. The van der Waals surface area contributed by atoms with Crippen molar-refractivity contribution >= 4 is 27.8 Å². The van der Waals surface area contributed by atoms with Gasteiger partial charge in [0.25, 0.3) is 0 Å². The highest BCUT2D eigenvalue weighted by Gasteiger charge is 2.35. The van der Waals surface area contributed by atoms with E-state index in [2.05, 4.69) is 15.3 Å². The molecule has 200 valence electrons. The minimum atomic E-state index is -3.37. The number of carboxylic acid groups (broad SMARTS) is 1. The van der Waals surface area contributed by atoms with E-state index in [1.165, 1.54) is 0 Å². The molecule has 0 saturated carbocycles. The normalized spacial score (nSPS) is 18.8. The van der Waals surface area contributed by atoms with Crippen molar-refractivity contribution in [2.24, 2.45) is 7.05 Å². The molecule has 1 aliphatic heterocycles. The van der Waals surface area contributed by atoms with Crippen LogP contribution in [0.25, 0.3) is 11.0 Å². The minimum Gasteiger partial charge on any atom is -0.481 e. The van der Waals surface area contributed by atoms with Gasteiger partial charge in [0, 0.05) is 25.7 Å². The molecule has 0 aliphatic carbocycles. The Hall–Kier alpha value is -3.51. The second-order valence-corrected chi connectivity index (χ2v) is 11.8. The van der Waals surface area contributed by atoms with E-state index in [1.807, 2.05) is 58.2 Å². The van der Waals surface area contributed by atoms with Gasteiger partial charge in [-0.05, 0) is 66.8 Å². The van der Waals surface area contributed by atoms with E-state index in [9.17, 15) is 19.0 Å². The third kappa shape index (κ3) is 4.73. The molecule has 38 heavy (non-hydrogen) atoms. The van der Waals surface area contributed by atoms with Crippen LogP contribution in [0.15, 0.2) is 53.6 Å². The summed E-state index contributed by atoms with van der Waals surface area (Å²) >= 11 is 0. The zero-order valence-corrected chi connectivity index (χ0v) is 22.5. The zero-order valence-electron chi connectivity index (χ0n) is 21.7. The van der Waals surface area contributed by atoms with Crippen molar-refractivity contribution in [1.82, 2.24) is 24.3 Å². The molecule has 3 N–H and O–H groups in total. The summed E-state index contributed by atoms with van der Waals surface area (Å²) in [4.78, 5) is 16.4. The van der Waals surface area contributed by atoms with Gasteiger partial charge in [-0.1, -0.05) is 29.5 Å². The maximum Gasteiger partial charge on any atom is 0.304 e. The molecule has 11 heteroatoms. The number of pyridine rings is 1. The molecular formula is C27H31N5O5S. The minimum absolute atomic E-state index is 0.0993. The van der Waals surface area contributed by atoms with Gasteiger partial charge in [0.1, 0.15) is 16.5 Å². The molecule has 2 atom stereocenters. The number of nitrogens with zero attached hydrogens (tertiary/aromatic N) is 5. The number of aromatic nitrogens is 4. The SMILES string of the molecule is Cc1ccc(C(CC(=O)O)c2ccc3c(nnn3C)c2C)cc1CN1C[C@@H](C)Oc2ncccc2S1(O)O. The van der Waals surface area contributed by atoms with Crippen LogP contribution in [-0.2, 0) is 18.4 Å². The number of carbonyl (C=O) groups is 1. The van der Waals surface area contributed by atoms with Crippen LogP contribution in [0.3, 0.4) is 0 Å². The number of benzene rings is 2. The van der Waals surface area contributed by atoms with Crippen molar-refractivity contribution in [3.8, 4) is 5.88 Å². The van der Waals surface area contributed by atoms with Gasteiger partial charge in [0.15, 0.2) is 0 Å². The average molecular weight is 538 g/mol. The van der Waals surface area contributed by atoms with Crippen LogP contribution in [0.5, 0.6) is 5.88 Å². The van der Waals surface area contributed by atoms with E-state index >= 15 is 0 Å². The quantitative estimate of drug-likeness (QED) is 0.314. The van der Waals surface area contributed by atoms with Crippen LogP contribution in [0.1, 0.15) is 47.1 Å². The van der Waals surface area contributed by atoms with Crippen LogP contribution in [-0.4, -0.2) is 57.1 Å². The number of hydrogen-bond donors (Lipinski definition) is 3. The Labute approximate surface area is 222 Å². The van der Waals surface area contributed by atoms with E-state index < -0.39 is 22.7 Å². The third-order valence-corrected chi connectivity index (χ3v) is 9.02. The van der Waals surface area contributed by atoms with Crippen LogP contribution in [0, 0.1) is 13.8 Å². The first-order valence-electron chi connectivity index (χ1n) is 12.3. The molecule has 0 spiro atoms. The predicted octanol–water partition coefficient (Wildman–Crippen LogP) is 4.89. The number of carboxylic acids is 1. The van der Waals surface area contributed by atoms with Crippen molar-refractivity contribution in [3.05, 3.63) is 76.5 Å². The first-order chi connectivity index (χ1) is 18.1. The smallest absolute Gasteiger partial charge is 0.304 e. The van der Waals surface area contributed by atoms with Crippen LogP contribution in [0.4, 0.5) is 0 Å². The van der Waals surface area contributed by atoms with Gasteiger partial charge in [0.05, 0.1) is 18.5 Å². The molecule has 3 heterocycles. The molecule has 0 bridgehead atoms. The molecule has 5 rings (SSSR count). The van der Waals surface area contributed by atoms with Gasteiger partial charge in [0.2, 0.25) is 5.88 Å². The molecule has 1 unspecified atom stereocenters. The zero-order chi connectivity index (χ0) is 27.2. The van der Waals surface area contributed by atoms with Crippen molar-refractivity contribution in [1.29, 1.82) is 0 Å². The number of rotatable bonds is 6. The lowest BCUT2D eigenvalue weighted by atomic mass is 9.84. The monoisotopic (exact) mass is 537 g/mol. The molecule has 1 aliphatic rings. The summed E-state index contributed by atoms with van der Waals surface area (Å²) in [5, 5.41) is 18.2. The Balaban J connectivity index is 1.54. The summed E-state index contributed by atoms with van der Waals surface area (Å²) in [6.45, 7) is 6.29. The predicted molar refractivity (Wildman–Crippen MR) is 144 cm³/mol. The Kier molecular flexibility index (Phi) is 6.86. The summed E-state index contributed by atoms with van der Waals surface area (Å²) in [5.74, 6) is -1.10. The fourth-order valence-electron chi connectivity index (χ4n) is 5.06. The van der Waals surface area contributed by atoms with E-state index in [0.29, 0.717) is 0 Å². The number of ether oxygens (including phenoxy) is 1. The highest BCUT2D eigenvalue weighted by atomic mass is 32.3. The fraction of sp³-hybridized carbons (Fsp3) is 0.333. The van der Waals surface area contributed by atoms with E-state index in [1.54, 1.807) is 27.3 Å². The summed E-state index contributed by atoms with van der Waals surface area (Å²) < 4.78 is 31.8. The Morgan fingerprint density at radius 2 is 2.00 bits per heavy atom. The summed E-state index contributed by atoms with van der Waals surface area (Å²) in [6, 6.07) is 13.0. The van der Waals surface area contributed by atoms with Gasteiger partial charge in [-0.25, -0.2) is 9.67 Å². The van der Waals surface area contributed by atoms with Crippen molar-refractivity contribution < 1.29 is 23.7 Å². The maximum absolute atomic E-state index is 12.0. The molecule has 2 aromatic carbocycles. The number of fused-ring (bicyclic) bond motifs is 2. The Morgan fingerprint density at radius 1 is 1.21 bits per heavy atom. The van der Waals surface area contributed by atoms with Crippen LogP contribution < -0.4 is 4.74 Å². The lowest BCUT2D eigenvalue weighted by Crippen LogP contribution is -2.33. The highest BCUT2D eigenvalue weighted by molar-refractivity contribution is 8.22. The van der Waals surface area contributed by atoms with Crippen molar-refractivity contribution in [2.75, 3.05) is 6.54 Å². The largest absolute Gasteiger partial charge is 0.481 e. The van der Waals surface area contributed by atoms with Gasteiger partial charge in [-0.3, -0.25) is 13.9 Å². The first kappa shape index (κ1) is 26.1. The molecule has 0 radical (unpaired) electrons. The Bertz CT molecular complexity index is 1520. The number of hydrogen-bond acceptors (Lipinski definition) is 8. The lowest BCUT2D eigenvalue weighted by molar-refractivity contribution is -0.137. The summed E-state index contributed by atoms with van der Waals surface area (Å²) in [6.07, 6.45) is 1.15. The van der Waals surface area contributed by atoms with Gasteiger partial charge >= 0.3 is 5.97 Å². The highest BCUT2D eigenvalue weighted by Crippen LogP contribution is 2.56. The number of aryl methyl sites for hydroxylation is 3. The molecular weight excluding hydrogens is 506 g/mol. The molecule has 4 aromatic rings. The summed E-state index contributed by atoms with van der Waals surface area (Å²) in [7, 11) is -1.54. The molecule has 0 amide bonds. The van der Waals surface area contributed by atoms with Crippen LogP contribution >= 0.6 is 10.8 Å². The number of aliphatic carboxylic acids is 1. The topological polar surface area (TPSA) is 134 Å². The third-order valence-electron chi connectivity index (χ3n) is 7.12. The van der Waals surface area contributed by atoms with E-state index in [-0.39, 0.29) is 36.4 Å². The second kappa shape index (κ2) is 9.99. The lowest BCUT2D eigenvalue weighted by Gasteiger charge is -2.41. The second-order valence-electron chi connectivity index (χ2n) is 9.77. The molecule has 0 fully saturated rings. The molecule has 10 nitrogen and oxygen atoms in total. The van der Waals surface area contributed by atoms with E-state index in [0.717, 1.165) is 38.9 Å². The summed E-state index contributed by atoms with van der Waals surface area (Å²) in [5.41, 5.74) is 6.04. The van der Waals surface area contributed by atoms with E-state index in [4.69, 9.17) is 4.74 Å².